The first-order valence-corrected chi connectivity index (χ1v) is 11.1. The van der Waals surface area contributed by atoms with Crippen LogP contribution in [-0.2, 0) is 0 Å². The molecular formula is C24H22N4OS. The number of amides is 1. The summed E-state index contributed by atoms with van der Waals surface area (Å²) in [7, 11) is 0. The SMILES string of the molecule is O=C(NC1CCN(c2nc(-c3ccccc3)c3ccccc3n2)CC1)c1ccsc1. The van der Waals surface area contributed by atoms with Crippen molar-refractivity contribution in [3.63, 3.8) is 0 Å². The molecule has 3 heterocycles. The number of hydrogen-bond acceptors (Lipinski definition) is 5. The minimum absolute atomic E-state index is 0.0167. The first kappa shape index (κ1) is 18.8. The molecule has 1 fully saturated rings. The standard InChI is InChI=1S/C24H22N4OS/c29-23(18-12-15-30-16-18)25-19-10-13-28(14-11-19)24-26-21-9-5-4-8-20(21)22(27-24)17-6-2-1-3-7-17/h1-9,12,15-16,19H,10-11,13-14H2,(H,25,29). The zero-order valence-corrected chi connectivity index (χ0v) is 17.3. The lowest BCUT2D eigenvalue weighted by Crippen LogP contribution is -2.45. The minimum Gasteiger partial charge on any atom is -0.349 e. The van der Waals surface area contributed by atoms with E-state index in [0.717, 1.165) is 59.6 Å². The van der Waals surface area contributed by atoms with Crippen molar-refractivity contribution in [3.05, 3.63) is 77.0 Å². The van der Waals surface area contributed by atoms with Crippen LogP contribution in [0.25, 0.3) is 22.2 Å². The van der Waals surface area contributed by atoms with Crippen LogP contribution in [0.4, 0.5) is 5.95 Å². The van der Waals surface area contributed by atoms with E-state index in [9.17, 15) is 4.79 Å². The van der Waals surface area contributed by atoms with Gasteiger partial charge in [-0.05, 0) is 30.4 Å². The van der Waals surface area contributed by atoms with E-state index < -0.39 is 0 Å². The second kappa shape index (κ2) is 8.24. The highest BCUT2D eigenvalue weighted by Gasteiger charge is 2.24. The number of aromatic nitrogens is 2. The first-order valence-electron chi connectivity index (χ1n) is 10.2. The van der Waals surface area contributed by atoms with Crippen LogP contribution < -0.4 is 10.2 Å². The third kappa shape index (κ3) is 3.78. The van der Waals surface area contributed by atoms with Crippen molar-refractivity contribution >= 4 is 34.1 Å². The number of piperidine rings is 1. The van der Waals surface area contributed by atoms with E-state index in [0.29, 0.717) is 0 Å². The molecule has 0 saturated carbocycles. The molecule has 2 aromatic carbocycles. The molecule has 2 aromatic heterocycles. The second-order valence-electron chi connectivity index (χ2n) is 7.50. The Morgan fingerprint density at radius 1 is 0.967 bits per heavy atom. The largest absolute Gasteiger partial charge is 0.349 e. The maximum Gasteiger partial charge on any atom is 0.252 e. The van der Waals surface area contributed by atoms with Gasteiger partial charge >= 0.3 is 0 Å². The fraction of sp³-hybridized carbons (Fsp3) is 0.208. The molecule has 1 amide bonds. The Labute approximate surface area is 179 Å². The molecule has 30 heavy (non-hydrogen) atoms. The van der Waals surface area contributed by atoms with E-state index in [4.69, 9.17) is 9.97 Å². The number of hydrogen-bond donors (Lipinski definition) is 1. The van der Waals surface area contributed by atoms with Gasteiger partial charge in [0.25, 0.3) is 5.91 Å². The molecule has 1 N–H and O–H groups in total. The van der Waals surface area contributed by atoms with Crippen LogP contribution in [0.15, 0.2) is 71.4 Å². The third-order valence-electron chi connectivity index (χ3n) is 5.54. The number of nitrogens with one attached hydrogen (secondary N) is 1. The van der Waals surface area contributed by atoms with Crippen molar-refractivity contribution in [3.8, 4) is 11.3 Å². The molecule has 4 aromatic rings. The number of nitrogens with zero attached hydrogens (tertiary/aromatic N) is 3. The van der Waals surface area contributed by atoms with Gasteiger partial charge in [0.05, 0.1) is 11.2 Å². The summed E-state index contributed by atoms with van der Waals surface area (Å²) in [5.74, 6) is 0.776. The smallest absolute Gasteiger partial charge is 0.252 e. The molecule has 0 aliphatic carbocycles. The van der Waals surface area contributed by atoms with Gasteiger partial charge < -0.3 is 10.2 Å². The van der Waals surface area contributed by atoms with Crippen molar-refractivity contribution in [2.45, 2.75) is 18.9 Å². The predicted octanol–water partition coefficient (Wildman–Crippen LogP) is 4.76. The zero-order valence-electron chi connectivity index (χ0n) is 16.5. The van der Waals surface area contributed by atoms with E-state index in [1.165, 1.54) is 0 Å². The maximum absolute atomic E-state index is 12.3. The normalized spacial score (nSPS) is 14.7. The lowest BCUT2D eigenvalue weighted by Gasteiger charge is -2.32. The van der Waals surface area contributed by atoms with Gasteiger partial charge in [-0.3, -0.25) is 4.79 Å². The van der Waals surface area contributed by atoms with Crippen LogP contribution in [0.5, 0.6) is 0 Å². The number of thiophene rings is 1. The van der Waals surface area contributed by atoms with E-state index in [-0.39, 0.29) is 11.9 Å². The Kier molecular flexibility index (Phi) is 5.15. The Balaban J connectivity index is 1.36. The fourth-order valence-electron chi connectivity index (χ4n) is 3.91. The van der Waals surface area contributed by atoms with Crippen molar-refractivity contribution < 1.29 is 4.79 Å². The maximum atomic E-state index is 12.3. The molecule has 1 saturated heterocycles. The topological polar surface area (TPSA) is 58.1 Å². The average Bonchev–Trinajstić information content (AvgIpc) is 3.35. The summed E-state index contributed by atoms with van der Waals surface area (Å²) in [5.41, 5.74) is 3.75. The molecule has 5 nitrogen and oxygen atoms in total. The van der Waals surface area contributed by atoms with E-state index >= 15 is 0 Å². The van der Waals surface area contributed by atoms with Gasteiger partial charge in [-0.25, -0.2) is 9.97 Å². The summed E-state index contributed by atoms with van der Waals surface area (Å²) < 4.78 is 0. The number of benzene rings is 2. The summed E-state index contributed by atoms with van der Waals surface area (Å²) in [6.45, 7) is 1.64. The highest BCUT2D eigenvalue weighted by atomic mass is 32.1. The quantitative estimate of drug-likeness (QED) is 0.523. The number of fused-ring (bicyclic) bond motifs is 1. The molecule has 0 radical (unpaired) electrons. The molecular weight excluding hydrogens is 392 g/mol. The molecule has 0 atom stereocenters. The predicted molar refractivity (Wildman–Crippen MR) is 122 cm³/mol. The van der Waals surface area contributed by atoms with Crippen molar-refractivity contribution in [1.82, 2.24) is 15.3 Å². The number of anilines is 1. The van der Waals surface area contributed by atoms with Gasteiger partial charge in [0.2, 0.25) is 5.95 Å². The van der Waals surface area contributed by atoms with Crippen LogP contribution in [0.1, 0.15) is 23.2 Å². The first-order chi connectivity index (χ1) is 14.8. The minimum atomic E-state index is 0.0167. The monoisotopic (exact) mass is 414 g/mol. The average molecular weight is 415 g/mol. The van der Waals surface area contributed by atoms with Gasteiger partial charge in [0.1, 0.15) is 0 Å². The molecule has 0 bridgehead atoms. The van der Waals surface area contributed by atoms with Gasteiger partial charge in [0.15, 0.2) is 0 Å². The van der Waals surface area contributed by atoms with E-state index in [2.05, 4.69) is 28.4 Å². The Morgan fingerprint density at radius 2 is 1.73 bits per heavy atom. The Hall–Kier alpha value is -3.25. The summed E-state index contributed by atoms with van der Waals surface area (Å²) >= 11 is 1.54. The lowest BCUT2D eigenvalue weighted by molar-refractivity contribution is 0.0931. The molecule has 1 aliphatic rings. The van der Waals surface area contributed by atoms with Crippen molar-refractivity contribution in [2.24, 2.45) is 0 Å². The summed E-state index contributed by atoms with van der Waals surface area (Å²) in [5, 5.41) is 8.04. The van der Waals surface area contributed by atoms with Crippen LogP contribution in [0, 0.1) is 0 Å². The molecule has 1 aliphatic heterocycles. The molecule has 150 valence electrons. The Morgan fingerprint density at radius 3 is 2.50 bits per heavy atom. The number of rotatable bonds is 4. The number of para-hydroxylation sites is 1. The Bertz CT molecular complexity index is 1150. The number of carbonyl (C=O) groups is 1. The molecule has 0 unspecified atom stereocenters. The lowest BCUT2D eigenvalue weighted by atomic mass is 10.0. The highest BCUT2D eigenvalue weighted by Crippen LogP contribution is 2.29. The van der Waals surface area contributed by atoms with Crippen LogP contribution in [-0.4, -0.2) is 35.0 Å². The van der Waals surface area contributed by atoms with E-state index in [1.807, 2.05) is 53.2 Å². The highest BCUT2D eigenvalue weighted by molar-refractivity contribution is 7.08. The van der Waals surface area contributed by atoms with Gasteiger partial charge in [-0.2, -0.15) is 11.3 Å². The van der Waals surface area contributed by atoms with Crippen LogP contribution in [0.3, 0.4) is 0 Å². The molecule has 6 heteroatoms. The van der Waals surface area contributed by atoms with Crippen molar-refractivity contribution in [1.29, 1.82) is 0 Å². The van der Waals surface area contributed by atoms with Crippen molar-refractivity contribution in [2.75, 3.05) is 18.0 Å². The molecule has 5 rings (SSSR count). The van der Waals surface area contributed by atoms with E-state index in [1.54, 1.807) is 11.3 Å². The van der Waals surface area contributed by atoms with Crippen LogP contribution in [0.2, 0.25) is 0 Å². The summed E-state index contributed by atoms with van der Waals surface area (Å²) in [6.07, 6.45) is 1.76. The van der Waals surface area contributed by atoms with Gasteiger partial charge in [0, 0.05) is 41.0 Å². The van der Waals surface area contributed by atoms with Crippen LogP contribution >= 0.6 is 11.3 Å². The fourth-order valence-corrected chi connectivity index (χ4v) is 4.54. The van der Waals surface area contributed by atoms with Gasteiger partial charge in [-0.1, -0.05) is 48.5 Å². The zero-order chi connectivity index (χ0) is 20.3. The van der Waals surface area contributed by atoms with Gasteiger partial charge in [-0.15, -0.1) is 0 Å². The second-order valence-corrected chi connectivity index (χ2v) is 8.28. The summed E-state index contributed by atoms with van der Waals surface area (Å²) in [6, 6.07) is 20.5. The molecule has 0 spiro atoms. The summed E-state index contributed by atoms with van der Waals surface area (Å²) in [4.78, 5) is 24.3. The third-order valence-corrected chi connectivity index (χ3v) is 6.22. The number of carbonyl (C=O) groups excluding carboxylic acids is 1.